The molecule has 0 aromatic heterocycles. The lowest BCUT2D eigenvalue weighted by Gasteiger charge is -2.43. The summed E-state index contributed by atoms with van der Waals surface area (Å²) in [6.07, 6.45) is 13.1. The van der Waals surface area contributed by atoms with Gasteiger partial charge in [-0.25, -0.2) is 0 Å². The molecule has 0 spiro atoms. The zero-order chi connectivity index (χ0) is 13.9. The summed E-state index contributed by atoms with van der Waals surface area (Å²) in [7, 11) is 0. The fraction of sp³-hybridized carbons (Fsp3) is 1.00. The van der Waals surface area contributed by atoms with E-state index in [4.69, 9.17) is 0 Å². The predicted octanol–water partition coefficient (Wildman–Crippen LogP) is 3.81. The maximum atomic E-state index is 3.81. The minimum absolute atomic E-state index is 0.771. The molecule has 0 amide bonds. The SMILES string of the molecule is CCCC1CCC(NCC)C(N(CC2CC2)C2CC2)C1. The van der Waals surface area contributed by atoms with E-state index in [2.05, 4.69) is 24.1 Å². The molecule has 3 rings (SSSR count). The van der Waals surface area contributed by atoms with Crippen LogP contribution in [-0.4, -0.2) is 36.1 Å². The van der Waals surface area contributed by atoms with Gasteiger partial charge in [0.2, 0.25) is 0 Å². The van der Waals surface area contributed by atoms with Crippen molar-refractivity contribution in [3.05, 3.63) is 0 Å². The van der Waals surface area contributed by atoms with Gasteiger partial charge in [0, 0.05) is 24.7 Å². The third-order valence-electron chi connectivity index (χ3n) is 5.70. The minimum atomic E-state index is 0.771. The third kappa shape index (κ3) is 3.76. The summed E-state index contributed by atoms with van der Waals surface area (Å²) in [4.78, 5) is 2.95. The number of rotatable bonds is 8. The van der Waals surface area contributed by atoms with Crippen LogP contribution in [0.25, 0.3) is 0 Å². The Labute approximate surface area is 125 Å². The summed E-state index contributed by atoms with van der Waals surface area (Å²) >= 11 is 0. The highest BCUT2D eigenvalue weighted by Gasteiger charge is 2.42. The molecule has 1 N–H and O–H groups in total. The van der Waals surface area contributed by atoms with Crippen LogP contribution in [0, 0.1) is 11.8 Å². The Kier molecular flexibility index (Phi) is 5.04. The molecule has 0 aromatic rings. The number of hydrogen-bond donors (Lipinski definition) is 1. The number of nitrogens with one attached hydrogen (secondary N) is 1. The van der Waals surface area contributed by atoms with Crippen LogP contribution < -0.4 is 5.32 Å². The molecule has 0 saturated heterocycles. The fourth-order valence-corrected chi connectivity index (χ4v) is 4.33. The van der Waals surface area contributed by atoms with Crippen LogP contribution in [0.4, 0.5) is 0 Å². The Bertz CT molecular complexity index is 296. The van der Waals surface area contributed by atoms with Gasteiger partial charge < -0.3 is 5.32 Å². The molecule has 3 fully saturated rings. The van der Waals surface area contributed by atoms with Crippen LogP contribution in [0.5, 0.6) is 0 Å². The van der Waals surface area contributed by atoms with Crippen LogP contribution in [0.1, 0.15) is 71.6 Å². The third-order valence-corrected chi connectivity index (χ3v) is 5.70. The molecule has 116 valence electrons. The lowest BCUT2D eigenvalue weighted by atomic mass is 9.79. The molecule has 0 heterocycles. The number of hydrogen-bond acceptors (Lipinski definition) is 2. The standard InChI is InChI=1S/C18H34N2/c1-3-5-14-8-11-17(19-4-2)18(12-14)20(16-9-10-16)13-15-6-7-15/h14-19H,3-13H2,1-2H3. The van der Waals surface area contributed by atoms with Gasteiger partial charge in [-0.05, 0) is 63.3 Å². The summed E-state index contributed by atoms with van der Waals surface area (Å²) in [5.74, 6) is 2.05. The highest BCUT2D eigenvalue weighted by molar-refractivity contribution is 4.98. The van der Waals surface area contributed by atoms with Crippen LogP contribution >= 0.6 is 0 Å². The van der Waals surface area contributed by atoms with Gasteiger partial charge in [0.25, 0.3) is 0 Å². The summed E-state index contributed by atoms with van der Waals surface area (Å²) < 4.78 is 0. The van der Waals surface area contributed by atoms with Crippen molar-refractivity contribution in [2.75, 3.05) is 13.1 Å². The van der Waals surface area contributed by atoms with Crippen molar-refractivity contribution in [3.8, 4) is 0 Å². The van der Waals surface area contributed by atoms with Gasteiger partial charge in [-0.15, -0.1) is 0 Å². The maximum Gasteiger partial charge on any atom is 0.0255 e. The highest BCUT2D eigenvalue weighted by Crippen LogP contribution is 2.40. The lowest BCUT2D eigenvalue weighted by molar-refractivity contribution is 0.0833. The molecule has 3 saturated carbocycles. The minimum Gasteiger partial charge on any atom is -0.313 e. The Hall–Kier alpha value is -0.0800. The fourth-order valence-electron chi connectivity index (χ4n) is 4.33. The van der Waals surface area contributed by atoms with E-state index in [1.54, 1.807) is 0 Å². The normalized spacial score (nSPS) is 34.6. The first-order valence-corrected chi connectivity index (χ1v) is 9.30. The quantitative estimate of drug-likeness (QED) is 0.726. The van der Waals surface area contributed by atoms with Crippen molar-refractivity contribution >= 4 is 0 Å². The van der Waals surface area contributed by atoms with E-state index in [0.717, 1.165) is 36.5 Å². The Balaban J connectivity index is 1.65. The van der Waals surface area contributed by atoms with Gasteiger partial charge in [0.05, 0.1) is 0 Å². The zero-order valence-corrected chi connectivity index (χ0v) is 13.6. The molecule has 0 radical (unpaired) electrons. The molecule has 2 nitrogen and oxygen atoms in total. The van der Waals surface area contributed by atoms with Crippen LogP contribution in [-0.2, 0) is 0 Å². The molecule has 20 heavy (non-hydrogen) atoms. The molecule has 3 atom stereocenters. The lowest BCUT2D eigenvalue weighted by Crippen LogP contribution is -2.54. The molecule has 3 aliphatic carbocycles. The van der Waals surface area contributed by atoms with Gasteiger partial charge in [-0.2, -0.15) is 0 Å². The van der Waals surface area contributed by atoms with E-state index in [1.807, 2.05) is 0 Å². The average molecular weight is 278 g/mol. The number of likely N-dealkylation sites (N-methyl/N-ethyl adjacent to an activating group) is 1. The van der Waals surface area contributed by atoms with E-state index < -0.39 is 0 Å². The first kappa shape index (κ1) is 14.8. The highest BCUT2D eigenvalue weighted by atomic mass is 15.2. The summed E-state index contributed by atoms with van der Waals surface area (Å²) in [5, 5.41) is 3.81. The van der Waals surface area contributed by atoms with E-state index in [9.17, 15) is 0 Å². The van der Waals surface area contributed by atoms with Gasteiger partial charge in [0.1, 0.15) is 0 Å². The zero-order valence-electron chi connectivity index (χ0n) is 13.6. The van der Waals surface area contributed by atoms with Crippen molar-refractivity contribution in [2.45, 2.75) is 89.8 Å². The van der Waals surface area contributed by atoms with Gasteiger partial charge in [-0.1, -0.05) is 26.7 Å². The topological polar surface area (TPSA) is 15.3 Å². The molecule has 0 aromatic carbocycles. The summed E-state index contributed by atoms with van der Waals surface area (Å²) in [6.45, 7) is 7.18. The van der Waals surface area contributed by atoms with Crippen molar-refractivity contribution in [1.82, 2.24) is 10.2 Å². The largest absolute Gasteiger partial charge is 0.313 e. The average Bonchev–Trinajstić information content (AvgIpc) is 3.32. The molecular formula is C18H34N2. The van der Waals surface area contributed by atoms with Crippen LogP contribution in [0.2, 0.25) is 0 Å². The van der Waals surface area contributed by atoms with Crippen molar-refractivity contribution in [3.63, 3.8) is 0 Å². The second kappa shape index (κ2) is 6.79. The first-order valence-electron chi connectivity index (χ1n) is 9.30. The van der Waals surface area contributed by atoms with E-state index >= 15 is 0 Å². The Morgan fingerprint density at radius 2 is 1.70 bits per heavy atom. The van der Waals surface area contributed by atoms with Crippen LogP contribution in [0.3, 0.4) is 0 Å². The summed E-state index contributed by atoms with van der Waals surface area (Å²) in [5.41, 5.74) is 0. The molecule has 0 bridgehead atoms. The van der Waals surface area contributed by atoms with Gasteiger partial charge in [-0.3, -0.25) is 4.90 Å². The van der Waals surface area contributed by atoms with Crippen molar-refractivity contribution in [2.24, 2.45) is 11.8 Å². The first-order chi connectivity index (χ1) is 9.81. The Morgan fingerprint density at radius 3 is 2.30 bits per heavy atom. The van der Waals surface area contributed by atoms with Gasteiger partial charge >= 0.3 is 0 Å². The second-order valence-corrected chi connectivity index (χ2v) is 7.57. The molecule has 0 aliphatic heterocycles. The molecule has 3 unspecified atom stereocenters. The second-order valence-electron chi connectivity index (χ2n) is 7.57. The van der Waals surface area contributed by atoms with E-state index in [0.29, 0.717) is 0 Å². The Morgan fingerprint density at radius 1 is 0.950 bits per heavy atom. The van der Waals surface area contributed by atoms with Crippen LogP contribution in [0.15, 0.2) is 0 Å². The van der Waals surface area contributed by atoms with E-state index in [-0.39, 0.29) is 0 Å². The summed E-state index contributed by atoms with van der Waals surface area (Å²) in [6, 6.07) is 2.56. The molecular weight excluding hydrogens is 244 g/mol. The van der Waals surface area contributed by atoms with Crippen molar-refractivity contribution in [1.29, 1.82) is 0 Å². The number of nitrogens with zero attached hydrogens (tertiary/aromatic N) is 1. The maximum absolute atomic E-state index is 3.81. The molecule has 3 aliphatic rings. The van der Waals surface area contributed by atoms with Gasteiger partial charge in [0.15, 0.2) is 0 Å². The molecule has 2 heteroatoms. The van der Waals surface area contributed by atoms with Crippen molar-refractivity contribution < 1.29 is 0 Å². The predicted molar refractivity (Wildman–Crippen MR) is 86.0 cm³/mol. The van der Waals surface area contributed by atoms with E-state index in [1.165, 1.54) is 64.3 Å². The monoisotopic (exact) mass is 278 g/mol. The smallest absolute Gasteiger partial charge is 0.0255 e.